The number of H-pyrrole nitrogens is 1. The number of hydrogen-bond donors (Lipinski definition) is 4. The molecule has 4 N–H and O–H groups in total. The zero-order chi connectivity index (χ0) is 20.1. The van der Waals surface area contributed by atoms with Crippen LogP contribution < -0.4 is 15.6 Å². The van der Waals surface area contributed by atoms with Crippen molar-refractivity contribution in [3.63, 3.8) is 0 Å². The van der Waals surface area contributed by atoms with E-state index in [4.69, 9.17) is 0 Å². The minimum Gasteiger partial charge on any atom is -0.357 e. The van der Waals surface area contributed by atoms with Gasteiger partial charge in [0.05, 0.1) is 4.90 Å². The van der Waals surface area contributed by atoms with Crippen molar-refractivity contribution < 1.29 is 18.0 Å². The van der Waals surface area contributed by atoms with Crippen molar-refractivity contribution in [2.75, 3.05) is 4.72 Å². The maximum absolute atomic E-state index is 12.5. The van der Waals surface area contributed by atoms with Crippen molar-refractivity contribution in [1.29, 1.82) is 0 Å². The molecule has 0 saturated heterocycles. The lowest BCUT2D eigenvalue weighted by Crippen LogP contribution is -2.41. The standard InChI is InChI=1S/C19H18N4O4S/c1-13-7-9-16(10-8-13)28(26,27)23-15-5-2-4-14(12-15)18(24)21-22-19(25)17-6-3-11-20-17/h2-12,20,23H,1H3,(H,21,24)(H,22,25). The quantitative estimate of drug-likeness (QED) is 0.493. The molecule has 3 aromatic rings. The molecule has 1 aromatic heterocycles. The topological polar surface area (TPSA) is 120 Å². The molecule has 28 heavy (non-hydrogen) atoms. The molecule has 9 heteroatoms. The van der Waals surface area contributed by atoms with Crippen molar-refractivity contribution in [3.05, 3.63) is 83.7 Å². The average molecular weight is 398 g/mol. The number of hydrazine groups is 1. The summed E-state index contributed by atoms with van der Waals surface area (Å²) in [6.07, 6.45) is 1.58. The van der Waals surface area contributed by atoms with Crippen LogP contribution in [0.3, 0.4) is 0 Å². The molecule has 1 heterocycles. The number of carbonyl (C=O) groups excluding carboxylic acids is 2. The maximum atomic E-state index is 12.5. The number of amides is 2. The second-order valence-electron chi connectivity index (χ2n) is 5.99. The fourth-order valence-corrected chi connectivity index (χ4v) is 3.43. The van der Waals surface area contributed by atoms with E-state index in [-0.39, 0.29) is 16.1 Å². The number of hydrogen-bond acceptors (Lipinski definition) is 4. The second kappa shape index (κ2) is 7.97. The van der Waals surface area contributed by atoms with Crippen LogP contribution in [0.15, 0.2) is 71.8 Å². The van der Waals surface area contributed by atoms with E-state index in [2.05, 4.69) is 20.6 Å². The van der Waals surface area contributed by atoms with Gasteiger partial charge >= 0.3 is 0 Å². The number of rotatable bonds is 5. The first-order valence-electron chi connectivity index (χ1n) is 8.29. The van der Waals surface area contributed by atoms with Gasteiger partial charge in [-0.3, -0.25) is 25.2 Å². The largest absolute Gasteiger partial charge is 0.357 e. The van der Waals surface area contributed by atoms with Gasteiger partial charge in [0.2, 0.25) is 0 Å². The number of anilines is 1. The highest BCUT2D eigenvalue weighted by Crippen LogP contribution is 2.17. The molecule has 0 aliphatic heterocycles. The van der Waals surface area contributed by atoms with Gasteiger partial charge in [-0.2, -0.15) is 0 Å². The van der Waals surface area contributed by atoms with Gasteiger partial charge in [0.1, 0.15) is 5.69 Å². The monoisotopic (exact) mass is 398 g/mol. The Kier molecular flexibility index (Phi) is 5.46. The molecule has 0 saturated carbocycles. The molecule has 0 aliphatic carbocycles. The summed E-state index contributed by atoms with van der Waals surface area (Å²) in [5.41, 5.74) is 6.19. The third kappa shape index (κ3) is 4.57. The third-order valence-corrected chi connectivity index (χ3v) is 5.24. The number of aryl methyl sites for hydroxylation is 1. The van der Waals surface area contributed by atoms with E-state index in [0.717, 1.165) is 5.56 Å². The predicted molar refractivity (Wildman–Crippen MR) is 104 cm³/mol. The average Bonchev–Trinajstić information content (AvgIpc) is 3.21. The van der Waals surface area contributed by atoms with E-state index < -0.39 is 21.8 Å². The smallest absolute Gasteiger partial charge is 0.286 e. The summed E-state index contributed by atoms with van der Waals surface area (Å²) in [6.45, 7) is 1.86. The minimum absolute atomic E-state index is 0.117. The van der Waals surface area contributed by atoms with Crippen molar-refractivity contribution in [3.8, 4) is 0 Å². The summed E-state index contributed by atoms with van der Waals surface area (Å²) >= 11 is 0. The zero-order valence-electron chi connectivity index (χ0n) is 14.9. The Morgan fingerprint density at radius 3 is 2.29 bits per heavy atom. The highest BCUT2D eigenvalue weighted by molar-refractivity contribution is 7.92. The van der Waals surface area contributed by atoms with Crippen LogP contribution in [-0.4, -0.2) is 25.2 Å². The minimum atomic E-state index is -3.78. The van der Waals surface area contributed by atoms with E-state index >= 15 is 0 Å². The Morgan fingerprint density at radius 2 is 1.61 bits per heavy atom. The lowest BCUT2D eigenvalue weighted by Gasteiger charge is -2.10. The van der Waals surface area contributed by atoms with E-state index in [1.165, 1.54) is 36.4 Å². The molecule has 144 valence electrons. The summed E-state index contributed by atoms with van der Waals surface area (Å²) in [5, 5.41) is 0. The normalized spacial score (nSPS) is 10.9. The highest BCUT2D eigenvalue weighted by atomic mass is 32.2. The Labute approximate surface area is 162 Å². The van der Waals surface area contributed by atoms with Crippen LogP contribution in [-0.2, 0) is 10.0 Å². The van der Waals surface area contributed by atoms with E-state index in [1.54, 1.807) is 30.5 Å². The van der Waals surface area contributed by atoms with Crippen molar-refractivity contribution in [2.24, 2.45) is 0 Å². The van der Waals surface area contributed by atoms with Crippen LogP contribution in [0.1, 0.15) is 26.4 Å². The first-order chi connectivity index (χ1) is 13.3. The maximum Gasteiger partial charge on any atom is 0.286 e. The van der Waals surface area contributed by atoms with Crippen molar-refractivity contribution in [2.45, 2.75) is 11.8 Å². The first kappa shape index (κ1) is 19.2. The number of aromatic nitrogens is 1. The molecule has 0 aliphatic rings. The molecule has 3 rings (SSSR count). The zero-order valence-corrected chi connectivity index (χ0v) is 15.7. The van der Waals surface area contributed by atoms with Crippen molar-refractivity contribution >= 4 is 27.5 Å². The third-order valence-electron chi connectivity index (χ3n) is 3.84. The summed E-state index contributed by atoms with van der Waals surface area (Å²) in [7, 11) is -3.78. The van der Waals surface area contributed by atoms with Crippen LogP contribution in [0.5, 0.6) is 0 Å². The van der Waals surface area contributed by atoms with Crippen LogP contribution >= 0.6 is 0 Å². The van der Waals surface area contributed by atoms with Gasteiger partial charge in [-0.1, -0.05) is 23.8 Å². The molecule has 0 bridgehead atoms. The van der Waals surface area contributed by atoms with E-state index in [1.807, 2.05) is 6.92 Å². The Bertz CT molecular complexity index is 1090. The van der Waals surface area contributed by atoms with Crippen LogP contribution in [0.4, 0.5) is 5.69 Å². The van der Waals surface area contributed by atoms with Gasteiger partial charge in [-0.15, -0.1) is 0 Å². The lowest BCUT2D eigenvalue weighted by molar-refractivity contribution is 0.0844. The molecule has 2 aromatic carbocycles. The van der Waals surface area contributed by atoms with Gasteiger partial charge < -0.3 is 4.98 Å². The Morgan fingerprint density at radius 1 is 0.893 bits per heavy atom. The Balaban J connectivity index is 1.68. The van der Waals surface area contributed by atoms with Crippen LogP contribution in [0.2, 0.25) is 0 Å². The number of benzene rings is 2. The molecule has 2 amide bonds. The highest BCUT2D eigenvalue weighted by Gasteiger charge is 2.15. The molecule has 0 fully saturated rings. The van der Waals surface area contributed by atoms with Gasteiger partial charge in [-0.05, 0) is 49.4 Å². The SMILES string of the molecule is Cc1ccc(S(=O)(=O)Nc2cccc(C(=O)NNC(=O)c3ccc[nH]3)c2)cc1. The number of carbonyl (C=O) groups is 2. The summed E-state index contributed by atoms with van der Waals surface area (Å²) in [6, 6.07) is 15.6. The molecule has 0 spiro atoms. The predicted octanol–water partition coefficient (Wildman–Crippen LogP) is 2.20. The van der Waals surface area contributed by atoms with Crippen molar-refractivity contribution in [1.82, 2.24) is 15.8 Å². The number of nitrogens with one attached hydrogen (secondary N) is 4. The van der Waals surface area contributed by atoms with Gasteiger partial charge in [0, 0.05) is 17.4 Å². The van der Waals surface area contributed by atoms with Gasteiger partial charge in [0.15, 0.2) is 0 Å². The van der Waals surface area contributed by atoms with Gasteiger partial charge in [-0.25, -0.2) is 8.42 Å². The Hall–Kier alpha value is -3.59. The van der Waals surface area contributed by atoms with Crippen LogP contribution in [0, 0.1) is 6.92 Å². The number of sulfonamides is 1. The van der Waals surface area contributed by atoms with E-state index in [9.17, 15) is 18.0 Å². The molecular formula is C19H18N4O4S. The van der Waals surface area contributed by atoms with Crippen LogP contribution in [0.25, 0.3) is 0 Å². The molecule has 8 nitrogen and oxygen atoms in total. The summed E-state index contributed by atoms with van der Waals surface area (Å²) in [4.78, 5) is 26.9. The molecule has 0 unspecified atom stereocenters. The molecular weight excluding hydrogens is 380 g/mol. The molecule has 0 radical (unpaired) electrons. The fourth-order valence-electron chi connectivity index (χ4n) is 2.38. The van der Waals surface area contributed by atoms with Gasteiger partial charge in [0.25, 0.3) is 21.8 Å². The van der Waals surface area contributed by atoms with E-state index in [0.29, 0.717) is 5.69 Å². The first-order valence-corrected chi connectivity index (χ1v) is 9.77. The summed E-state index contributed by atoms with van der Waals surface area (Å²) in [5.74, 6) is -1.09. The lowest BCUT2D eigenvalue weighted by atomic mass is 10.2. The summed E-state index contributed by atoms with van der Waals surface area (Å²) < 4.78 is 27.4. The second-order valence-corrected chi connectivity index (χ2v) is 7.67. The fraction of sp³-hybridized carbons (Fsp3) is 0.0526. The molecule has 0 atom stereocenters. The number of aromatic amines is 1.